The Hall–Kier alpha value is -0.900. The topological polar surface area (TPSA) is 12.0 Å². The minimum absolute atomic E-state index is 0.137. The van der Waals surface area contributed by atoms with Crippen LogP contribution in [0.5, 0.6) is 0 Å². The molecule has 90 valence electrons. The maximum Gasteiger partial charge on any atom is 0.153 e. The fourth-order valence-corrected chi connectivity index (χ4v) is 2.52. The molecule has 16 heavy (non-hydrogen) atoms. The lowest BCUT2D eigenvalue weighted by Crippen LogP contribution is -2.01. The number of rotatable bonds is 5. The summed E-state index contributed by atoms with van der Waals surface area (Å²) in [5, 5.41) is 0. The molecule has 0 fully saturated rings. The van der Waals surface area contributed by atoms with E-state index in [0.29, 0.717) is 12.1 Å². The minimum Gasteiger partial charge on any atom is -0.333 e. The Labute approximate surface area is 97.9 Å². The van der Waals surface area contributed by atoms with Crippen LogP contribution in [0.15, 0.2) is 12.1 Å². The van der Waals surface area contributed by atoms with Crippen LogP contribution in [-0.2, 0) is 6.42 Å². The van der Waals surface area contributed by atoms with Gasteiger partial charge in [-0.1, -0.05) is 19.7 Å². The summed E-state index contributed by atoms with van der Waals surface area (Å²) in [6, 6.07) is 2.73. The monoisotopic (exact) mass is 245 g/mol. The Bertz CT molecular complexity index is 391. The Morgan fingerprint density at radius 2 is 2.00 bits per heavy atom. The molecule has 0 saturated carbocycles. The summed E-state index contributed by atoms with van der Waals surface area (Å²) in [7, 11) is -0.311. The predicted molar refractivity (Wildman–Crippen MR) is 69.2 cm³/mol. The quantitative estimate of drug-likeness (QED) is 0.774. The molecule has 0 aliphatic carbocycles. The first kappa shape index (κ1) is 13.2. The first-order chi connectivity index (χ1) is 7.60. The second-order valence-electron chi connectivity index (χ2n) is 3.54. The van der Waals surface area contributed by atoms with Gasteiger partial charge in [0.2, 0.25) is 0 Å². The van der Waals surface area contributed by atoms with Crippen molar-refractivity contribution in [2.24, 2.45) is 0 Å². The van der Waals surface area contributed by atoms with Crippen LogP contribution in [0.4, 0.5) is 14.5 Å². The van der Waals surface area contributed by atoms with E-state index in [2.05, 4.69) is 10.6 Å². The van der Waals surface area contributed by atoms with Gasteiger partial charge in [-0.15, -0.1) is 10.7 Å². The van der Waals surface area contributed by atoms with Gasteiger partial charge in [-0.3, -0.25) is 0 Å². The lowest BCUT2D eigenvalue weighted by atomic mass is 10.1. The Morgan fingerprint density at radius 3 is 2.56 bits per heavy atom. The van der Waals surface area contributed by atoms with Gasteiger partial charge in [0, 0.05) is 11.3 Å². The van der Waals surface area contributed by atoms with E-state index in [1.54, 1.807) is 6.92 Å². The molecule has 4 heteroatoms. The summed E-state index contributed by atoms with van der Waals surface area (Å²) in [5.74, 6) is 3.82. The van der Waals surface area contributed by atoms with Crippen LogP contribution in [0.3, 0.4) is 0 Å². The van der Waals surface area contributed by atoms with Gasteiger partial charge in [0.05, 0.1) is 5.69 Å². The highest BCUT2D eigenvalue weighted by Crippen LogP contribution is 2.25. The average molecular weight is 245 g/mol. The standard InChI is InChI=1S/C12H17F2NS/c1-4-8-16(3)15-11-7-6-10(13)9(5-2)12(11)14/h6-7,15H,3-5,8H2,1-2H3. The SMILES string of the molecule is C=S(CCC)Nc1ccc(F)c(CC)c1F. The van der Waals surface area contributed by atoms with Crippen LogP contribution in [0.1, 0.15) is 25.8 Å². The zero-order valence-electron chi connectivity index (χ0n) is 9.65. The lowest BCUT2D eigenvalue weighted by Gasteiger charge is -2.13. The van der Waals surface area contributed by atoms with Crippen molar-refractivity contribution in [1.82, 2.24) is 0 Å². The average Bonchev–Trinajstić information content (AvgIpc) is 2.23. The third-order valence-electron chi connectivity index (χ3n) is 2.24. The van der Waals surface area contributed by atoms with Gasteiger partial charge in [0.25, 0.3) is 0 Å². The fraction of sp³-hybridized carbons (Fsp3) is 0.417. The molecule has 1 atom stereocenters. The number of nitrogens with one attached hydrogen (secondary N) is 1. The maximum atomic E-state index is 13.8. The molecule has 1 nitrogen and oxygen atoms in total. The second kappa shape index (κ2) is 5.99. The molecular formula is C12H17F2NS. The van der Waals surface area contributed by atoms with Crippen molar-refractivity contribution in [3.05, 3.63) is 29.3 Å². The zero-order chi connectivity index (χ0) is 12.1. The van der Waals surface area contributed by atoms with E-state index in [9.17, 15) is 8.78 Å². The molecule has 0 bridgehead atoms. The summed E-state index contributed by atoms with van der Waals surface area (Å²) in [5.41, 5.74) is 0.489. The van der Waals surface area contributed by atoms with Crippen LogP contribution in [0.2, 0.25) is 0 Å². The third-order valence-corrected chi connectivity index (χ3v) is 3.65. The largest absolute Gasteiger partial charge is 0.333 e. The summed E-state index contributed by atoms with van der Waals surface area (Å²) in [4.78, 5) is 0. The molecule has 0 radical (unpaired) electrons. The van der Waals surface area contributed by atoms with E-state index in [1.165, 1.54) is 12.1 Å². The summed E-state index contributed by atoms with van der Waals surface area (Å²) < 4.78 is 30.0. The molecule has 0 amide bonds. The van der Waals surface area contributed by atoms with E-state index in [1.807, 2.05) is 6.92 Å². The van der Waals surface area contributed by atoms with Gasteiger partial charge in [-0.2, -0.15) is 0 Å². The van der Waals surface area contributed by atoms with Gasteiger partial charge >= 0.3 is 0 Å². The summed E-state index contributed by atoms with van der Waals surface area (Å²) >= 11 is 0. The van der Waals surface area contributed by atoms with Crippen LogP contribution < -0.4 is 4.72 Å². The van der Waals surface area contributed by atoms with Crippen molar-refractivity contribution in [3.63, 3.8) is 0 Å². The molecule has 1 N–H and O–H groups in total. The summed E-state index contributed by atoms with van der Waals surface area (Å²) in [6.45, 7) is 3.78. The third kappa shape index (κ3) is 3.04. The van der Waals surface area contributed by atoms with E-state index < -0.39 is 11.6 Å². The van der Waals surface area contributed by atoms with Crippen molar-refractivity contribution in [1.29, 1.82) is 0 Å². The predicted octanol–water partition coefficient (Wildman–Crippen LogP) is 3.97. The number of benzene rings is 1. The highest BCUT2D eigenvalue weighted by atomic mass is 32.2. The molecule has 1 aromatic carbocycles. The van der Waals surface area contributed by atoms with Crippen LogP contribution in [-0.4, -0.2) is 11.6 Å². The molecule has 1 aromatic rings. The number of anilines is 1. The Kier molecular flexibility index (Phi) is 4.93. The Balaban J connectivity index is 2.93. The molecule has 0 saturated heterocycles. The van der Waals surface area contributed by atoms with Gasteiger partial charge in [-0.05, 0) is 25.0 Å². The van der Waals surface area contributed by atoms with E-state index >= 15 is 0 Å². The van der Waals surface area contributed by atoms with Gasteiger partial charge in [-0.25, -0.2) is 8.78 Å². The smallest absolute Gasteiger partial charge is 0.153 e. The molecule has 0 aromatic heterocycles. The molecule has 0 spiro atoms. The van der Waals surface area contributed by atoms with E-state index in [0.717, 1.165) is 12.2 Å². The van der Waals surface area contributed by atoms with Crippen LogP contribution >= 0.6 is 10.7 Å². The summed E-state index contributed by atoms with van der Waals surface area (Å²) in [6.07, 6.45) is 1.34. The lowest BCUT2D eigenvalue weighted by molar-refractivity contribution is 0.562. The fourth-order valence-electron chi connectivity index (χ4n) is 1.45. The van der Waals surface area contributed by atoms with Gasteiger partial charge in [0.15, 0.2) is 5.82 Å². The normalized spacial score (nSPS) is 12.5. The van der Waals surface area contributed by atoms with Crippen molar-refractivity contribution < 1.29 is 8.78 Å². The zero-order valence-corrected chi connectivity index (χ0v) is 10.5. The van der Waals surface area contributed by atoms with E-state index in [4.69, 9.17) is 0 Å². The van der Waals surface area contributed by atoms with E-state index in [-0.39, 0.29) is 16.2 Å². The number of hydrogen-bond acceptors (Lipinski definition) is 1. The Morgan fingerprint density at radius 1 is 1.31 bits per heavy atom. The van der Waals surface area contributed by atoms with Crippen LogP contribution in [0, 0.1) is 11.6 Å². The minimum atomic E-state index is -0.486. The highest BCUT2D eigenvalue weighted by Gasteiger charge is 2.11. The molecule has 0 aliphatic heterocycles. The molecule has 0 heterocycles. The first-order valence-corrected chi connectivity index (χ1v) is 6.90. The van der Waals surface area contributed by atoms with Crippen molar-refractivity contribution in [2.45, 2.75) is 26.7 Å². The van der Waals surface area contributed by atoms with Gasteiger partial charge < -0.3 is 4.72 Å². The van der Waals surface area contributed by atoms with Crippen LogP contribution in [0.25, 0.3) is 0 Å². The highest BCUT2D eigenvalue weighted by molar-refractivity contribution is 8.15. The van der Waals surface area contributed by atoms with Crippen molar-refractivity contribution in [2.75, 3.05) is 10.5 Å². The molecular weight excluding hydrogens is 228 g/mol. The van der Waals surface area contributed by atoms with Gasteiger partial charge in [0.1, 0.15) is 5.82 Å². The first-order valence-electron chi connectivity index (χ1n) is 5.34. The van der Waals surface area contributed by atoms with Crippen molar-refractivity contribution in [3.8, 4) is 0 Å². The number of halogens is 2. The second-order valence-corrected chi connectivity index (χ2v) is 5.14. The van der Waals surface area contributed by atoms with Crippen molar-refractivity contribution >= 4 is 22.2 Å². The maximum absolute atomic E-state index is 13.8. The molecule has 0 aliphatic rings. The molecule has 1 rings (SSSR count). The molecule has 1 unspecified atom stereocenters. The number of hydrogen-bond donors (Lipinski definition) is 1.